The van der Waals surface area contributed by atoms with Gasteiger partial charge < -0.3 is 15.7 Å². The summed E-state index contributed by atoms with van der Waals surface area (Å²) in [4.78, 5) is 21.6. The number of carboxylic acid groups (broad SMARTS) is 1. The third-order valence-corrected chi connectivity index (χ3v) is 2.52. The predicted octanol–water partition coefficient (Wildman–Crippen LogP) is 0.993. The first-order valence-corrected chi connectivity index (χ1v) is 6.25. The van der Waals surface area contributed by atoms with E-state index in [1.165, 1.54) is 0 Å². The Morgan fingerprint density at radius 2 is 1.94 bits per heavy atom. The normalized spacial score (nSPS) is 12.1. The molecule has 0 aromatic heterocycles. The molecule has 0 saturated carbocycles. The van der Waals surface area contributed by atoms with Crippen molar-refractivity contribution in [2.45, 2.75) is 39.5 Å². The smallest absolute Gasteiger partial charge is 0.303 e. The molecule has 17 heavy (non-hydrogen) atoms. The van der Waals surface area contributed by atoms with Crippen molar-refractivity contribution in [1.29, 1.82) is 0 Å². The van der Waals surface area contributed by atoms with Gasteiger partial charge in [-0.2, -0.15) is 0 Å². The van der Waals surface area contributed by atoms with Crippen molar-refractivity contribution in [3.8, 4) is 0 Å². The Morgan fingerprint density at radius 1 is 1.24 bits per heavy atom. The van der Waals surface area contributed by atoms with E-state index in [0.29, 0.717) is 18.9 Å². The minimum atomic E-state index is -0.747. The molecule has 0 aromatic carbocycles. The van der Waals surface area contributed by atoms with Crippen molar-refractivity contribution in [2.24, 2.45) is 5.92 Å². The van der Waals surface area contributed by atoms with Crippen LogP contribution in [-0.4, -0.2) is 36.6 Å². The molecule has 0 aliphatic rings. The Bertz CT molecular complexity index is 232. The standard InChI is InChI=1S/C12H24N2O3/c1-3-7-14-11(15)9-13-8-6-10(2)4-5-12(16)17/h10,13H,3-9H2,1-2H3,(H,14,15)(H,16,17). The highest BCUT2D eigenvalue weighted by atomic mass is 16.4. The largest absolute Gasteiger partial charge is 0.481 e. The van der Waals surface area contributed by atoms with Gasteiger partial charge in [-0.15, -0.1) is 0 Å². The van der Waals surface area contributed by atoms with Crippen LogP contribution in [-0.2, 0) is 9.59 Å². The second-order valence-electron chi connectivity index (χ2n) is 4.35. The van der Waals surface area contributed by atoms with Gasteiger partial charge in [0.1, 0.15) is 0 Å². The molecule has 0 rings (SSSR count). The first-order chi connectivity index (χ1) is 8.06. The number of rotatable bonds is 10. The van der Waals surface area contributed by atoms with Crippen LogP contribution in [0.4, 0.5) is 0 Å². The van der Waals surface area contributed by atoms with Crippen LogP contribution in [0.25, 0.3) is 0 Å². The van der Waals surface area contributed by atoms with Crippen molar-refractivity contribution >= 4 is 11.9 Å². The van der Waals surface area contributed by atoms with Gasteiger partial charge in [0.25, 0.3) is 0 Å². The van der Waals surface area contributed by atoms with Crippen LogP contribution in [0.3, 0.4) is 0 Å². The average Bonchev–Trinajstić information content (AvgIpc) is 2.29. The van der Waals surface area contributed by atoms with Gasteiger partial charge >= 0.3 is 5.97 Å². The van der Waals surface area contributed by atoms with Gasteiger partial charge in [-0.1, -0.05) is 13.8 Å². The SMILES string of the molecule is CCCNC(=O)CNCCC(C)CCC(=O)O. The Morgan fingerprint density at radius 3 is 2.53 bits per heavy atom. The fourth-order valence-corrected chi connectivity index (χ4v) is 1.39. The van der Waals surface area contributed by atoms with E-state index in [1.807, 2.05) is 13.8 Å². The van der Waals surface area contributed by atoms with Crippen molar-refractivity contribution in [1.82, 2.24) is 10.6 Å². The lowest BCUT2D eigenvalue weighted by atomic mass is 10.0. The molecule has 0 heterocycles. The van der Waals surface area contributed by atoms with Gasteiger partial charge in [-0.05, 0) is 31.7 Å². The zero-order valence-corrected chi connectivity index (χ0v) is 10.8. The summed E-state index contributed by atoms with van der Waals surface area (Å²) in [6.07, 6.45) is 2.75. The Hall–Kier alpha value is -1.10. The van der Waals surface area contributed by atoms with Gasteiger partial charge in [-0.25, -0.2) is 0 Å². The third kappa shape index (κ3) is 11.2. The maximum absolute atomic E-state index is 11.2. The van der Waals surface area contributed by atoms with Gasteiger partial charge in [0.05, 0.1) is 6.54 Å². The Kier molecular flexibility index (Phi) is 9.43. The van der Waals surface area contributed by atoms with Crippen LogP contribution in [0.1, 0.15) is 39.5 Å². The van der Waals surface area contributed by atoms with Crippen LogP contribution in [0.5, 0.6) is 0 Å². The summed E-state index contributed by atoms with van der Waals surface area (Å²) in [5.41, 5.74) is 0. The quantitative estimate of drug-likeness (QED) is 0.501. The highest BCUT2D eigenvalue weighted by Gasteiger charge is 2.05. The summed E-state index contributed by atoms with van der Waals surface area (Å²) in [6.45, 7) is 5.85. The topological polar surface area (TPSA) is 78.4 Å². The maximum Gasteiger partial charge on any atom is 0.303 e. The molecule has 0 bridgehead atoms. The van der Waals surface area contributed by atoms with Gasteiger partial charge in [-0.3, -0.25) is 9.59 Å². The Balaban J connectivity index is 3.37. The number of hydrogen-bond acceptors (Lipinski definition) is 3. The van der Waals surface area contributed by atoms with E-state index in [4.69, 9.17) is 5.11 Å². The molecule has 3 N–H and O–H groups in total. The summed E-state index contributed by atoms with van der Waals surface area (Å²) >= 11 is 0. The van der Waals surface area contributed by atoms with Gasteiger partial charge in [0, 0.05) is 13.0 Å². The van der Waals surface area contributed by atoms with Crippen molar-refractivity contribution < 1.29 is 14.7 Å². The number of carbonyl (C=O) groups excluding carboxylic acids is 1. The molecule has 0 aliphatic heterocycles. The zero-order chi connectivity index (χ0) is 13.1. The molecule has 0 aromatic rings. The third-order valence-electron chi connectivity index (χ3n) is 2.52. The molecule has 1 unspecified atom stereocenters. The van der Waals surface area contributed by atoms with E-state index in [1.54, 1.807) is 0 Å². The van der Waals surface area contributed by atoms with E-state index in [2.05, 4.69) is 10.6 Å². The highest BCUT2D eigenvalue weighted by molar-refractivity contribution is 5.77. The molecule has 5 heteroatoms. The maximum atomic E-state index is 11.2. The first-order valence-electron chi connectivity index (χ1n) is 6.25. The second kappa shape index (κ2) is 10.1. The molecule has 100 valence electrons. The average molecular weight is 244 g/mol. The molecule has 0 radical (unpaired) electrons. The highest BCUT2D eigenvalue weighted by Crippen LogP contribution is 2.08. The second-order valence-corrected chi connectivity index (χ2v) is 4.35. The van der Waals surface area contributed by atoms with E-state index in [9.17, 15) is 9.59 Å². The lowest BCUT2D eigenvalue weighted by Gasteiger charge is -2.10. The van der Waals surface area contributed by atoms with E-state index in [0.717, 1.165) is 25.9 Å². The van der Waals surface area contributed by atoms with E-state index >= 15 is 0 Å². The lowest BCUT2D eigenvalue weighted by Crippen LogP contribution is -2.34. The van der Waals surface area contributed by atoms with E-state index < -0.39 is 5.97 Å². The molecule has 0 spiro atoms. The molecule has 1 amide bonds. The molecule has 0 saturated heterocycles. The van der Waals surface area contributed by atoms with Crippen LogP contribution in [0, 0.1) is 5.92 Å². The van der Waals surface area contributed by atoms with Crippen LogP contribution in [0.2, 0.25) is 0 Å². The van der Waals surface area contributed by atoms with Crippen LogP contribution >= 0.6 is 0 Å². The van der Waals surface area contributed by atoms with Crippen LogP contribution in [0.15, 0.2) is 0 Å². The summed E-state index contributed by atoms with van der Waals surface area (Å²) in [7, 11) is 0. The number of carbonyl (C=O) groups is 2. The summed E-state index contributed by atoms with van der Waals surface area (Å²) in [5, 5.41) is 14.4. The van der Waals surface area contributed by atoms with Crippen molar-refractivity contribution in [3.63, 3.8) is 0 Å². The summed E-state index contributed by atoms with van der Waals surface area (Å²) < 4.78 is 0. The Labute approximate surface area is 103 Å². The van der Waals surface area contributed by atoms with Gasteiger partial charge in [0.2, 0.25) is 5.91 Å². The minimum Gasteiger partial charge on any atom is -0.481 e. The summed E-state index contributed by atoms with van der Waals surface area (Å²) in [6, 6.07) is 0. The van der Waals surface area contributed by atoms with E-state index in [-0.39, 0.29) is 12.3 Å². The van der Waals surface area contributed by atoms with Crippen LogP contribution < -0.4 is 10.6 Å². The monoisotopic (exact) mass is 244 g/mol. The number of nitrogens with one attached hydrogen (secondary N) is 2. The van der Waals surface area contributed by atoms with Gasteiger partial charge in [0.15, 0.2) is 0 Å². The molecular formula is C12H24N2O3. The number of aliphatic carboxylic acids is 1. The number of carboxylic acids is 1. The number of hydrogen-bond donors (Lipinski definition) is 3. The first kappa shape index (κ1) is 15.9. The molecule has 5 nitrogen and oxygen atoms in total. The fourth-order valence-electron chi connectivity index (χ4n) is 1.39. The minimum absolute atomic E-state index is 0.0186. The molecular weight excluding hydrogens is 220 g/mol. The molecule has 0 aliphatic carbocycles. The molecule has 0 fully saturated rings. The van der Waals surface area contributed by atoms with Crippen molar-refractivity contribution in [3.05, 3.63) is 0 Å². The number of amides is 1. The van der Waals surface area contributed by atoms with Crippen molar-refractivity contribution in [2.75, 3.05) is 19.6 Å². The molecule has 1 atom stereocenters. The lowest BCUT2D eigenvalue weighted by molar-refractivity contribution is -0.137. The zero-order valence-electron chi connectivity index (χ0n) is 10.8. The fraction of sp³-hybridized carbons (Fsp3) is 0.833. The summed E-state index contributed by atoms with van der Waals surface area (Å²) in [5.74, 6) is -0.355. The predicted molar refractivity (Wildman–Crippen MR) is 66.8 cm³/mol.